The second-order valence-electron chi connectivity index (χ2n) is 1.92. The molecule has 0 aliphatic rings. The van der Waals surface area contributed by atoms with E-state index < -0.39 is 5.97 Å². The number of hydrogen-bond acceptors (Lipinski definition) is 3. The van der Waals surface area contributed by atoms with Gasteiger partial charge < -0.3 is 5.11 Å². The number of halogens is 1. The quantitative estimate of drug-likeness (QED) is 0.803. The summed E-state index contributed by atoms with van der Waals surface area (Å²) >= 11 is 1.97. The molecule has 0 amide bonds. The lowest BCUT2D eigenvalue weighted by molar-refractivity contribution is -0.137. The molecule has 0 saturated carbocycles. The van der Waals surface area contributed by atoms with Gasteiger partial charge in [-0.15, -0.1) is 5.10 Å². The molecule has 11 heavy (non-hydrogen) atoms. The number of carbonyl (C=O) groups is 1. The summed E-state index contributed by atoms with van der Waals surface area (Å²) in [7, 11) is 0. The number of aryl methyl sites for hydroxylation is 1. The van der Waals surface area contributed by atoms with Crippen molar-refractivity contribution in [2.45, 2.75) is 13.0 Å². The van der Waals surface area contributed by atoms with E-state index in [0.29, 0.717) is 10.4 Å². The average Bonchev–Trinajstić information content (AvgIpc) is 2.31. The number of aliphatic carboxylic acids is 1. The lowest BCUT2D eigenvalue weighted by atomic mass is 10.4. The molecule has 0 aliphatic carbocycles. The molecule has 1 aromatic heterocycles. The highest BCUT2D eigenvalue weighted by atomic mass is 127. The van der Waals surface area contributed by atoms with Gasteiger partial charge in [-0.25, -0.2) is 4.98 Å². The van der Waals surface area contributed by atoms with Gasteiger partial charge in [0.05, 0.1) is 13.0 Å². The molecule has 60 valence electrons. The molecule has 0 bridgehead atoms. The smallest absolute Gasteiger partial charge is 0.305 e. The van der Waals surface area contributed by atoms with Gasteiger partial charge in [0.1, 0.15) is 6.33 Å². The number of carboxylic acids is 1. The van der Waals surface area contributed by atoms with E-state index in [2.05, 4.69) is 10.1 Å². The summed E-state index contributed by atoms with van der Waals surface area (Å²) in [5.74, 6) is -0.824. The molecule has 0 aromatic carbocycles. The molecular weight excluding hydrogens is 261 g/mol. The summed E-state index contributed by atoms with van der Waals surface area (Å²) in [6.07, 6.45) is 1.60. The van der Waals surface area contributed by atoms with Gasteiger partial charge in [0.2, 0.25) is 3.83 Å². The van der Waals surface area contributed by atoms with Crippen LogP contribution in [0.2, 0.25) is 0 Å². The van der Waals surface area contributed by atoms with Crippen LogP contribution < -0.4 is 0 Å². The maximum atomic E-state index is 10.1. The Morgan fingerprint density at radius 1 is 1.82 bits per heavy atom. The van der Waals surface area contributed by atoms with Crippen molar-refractivity contribution in [3.8, 4) is 0 Å². The van der Waals surface area contributed by atoms with Crippen LogP contribution in [-0.2, 0) is 11.3 Å². The number of hydrogen-bond donors (Lipinski definition) is 1. The van der Waals surface area contributed by atoms with E-state index in [1.165, 1.54) is 11.0 Å². The van der Waals surface area contributed by atoms with Crippen molar-refractivity contribution >= 4 is 28.6 Å². The maximum Gasteiger partial charge on any atom is 0.305 e. The standard InChI is InChI=1S/C5H6IN3O2/c6-5-7-3-9(8-5)2-1-4(10)11/h3H,1-2H2,(H,10,11). The van der Waals surface area contributed by atoms with E-state index in [-0.39, 0.29) is 6.42 Å². The predicted molar refractivity (Wildman–Crippen MR) is 45.0 cm³/mol. The van der Waals surface area contributed by atoms with E-state index in [1.807, 2.05) is 22.6 Å². The fourth-order valence-electron chi connectivity index (χ4n) is 0.590. The minimum Gasteiger partial charge on any atom is -0.481 e. The van der Waals surface area contributed by atoms with Crippen LogP contribution >= 0.6 is 22.6 Å². The second-order valence-corrected chi connectivity index (χ2v) is 2.89. The first-order chi connectivity index (χ1) is 5.18. The van der Waals surface area contributed by atoms with E-state index >= 15 is 0 Å². The largest absolute Gasteiger partial charge is 0.481 e. The molecule has 1 rings (SSSR count). The third kappa shape index (κ3) is 2.83. The summed E-state index contributed by atoms with van der Waals surface area (Å²) < 4.78 is 2.14. The molecule has 1 N–H and O–H groups in total. The van der Waals surface area contributed by atoms with Crippen molar-refractivity contribution in [2.24, 2.45) is 0 Å². The van der Waals surface area contributed by atoms with Crippen LogP contribution in [0, 0.1) is 3.83 Å². The molecule has 0 atom stereocenters. The van der Waals surface area contributed by atoms with Gasteiger partial charge in [-0.2, -0.15) is 0 Å². The maximum absolute atomic E-state index is 10.1. The van der Waals surface area contributed by atoms with Gasteiger partial charge >= 0.3 is 5.97 Å². The molecule has 5 nitrogen and oxygen atoms in total. The van der Waals surface area contributed by atoms with Crippen molar-refractivity contribution in [2.75, 3.05) is 0 Å². The Morgan fingerprint density at radius 2 is 2.55 bits per heavy atom. The third-order valence-electron chi connectivity index (χ3n) is 1.06. The van der Waals surface area contributed by atoms with Crippen molar-refractivity contribution in [1.82, 2.24) is 14.8 Å². The second kappa shape index (κ2) is 3.65. The molecule has 0 unspecified atom stereocenters. The van der Waals surface area contributed by atoms with Crippen molar-refractivity contribution in [3.05, 3.63) is 10.2 Å². The Hall–Kier alpha value is -0.660. The molecule has 6 heteroatoms. The summed E-state index contributed by atoms with van der Waals surface area (Å²) in [6.45, 7) is 0.380. The molecule has 1 aromatic rings. The monoisotopic (exact) mass is 267 g/mol. The fraction of sp³-hybridized carbons (Fsp3) is 0.400. The topological polar surface area (TPSA) is 68.0 Å². The molecule has 0 radical (unpaired) electrons. The SMILES string of the molecule is O=C(O)CCn1cnc(I)n1. The number of aromatic nitrogens is 3. The Kier molecular flexibility index (Phi) is 2.80. The Morgan fingerprint density at radius 3 is 3.00 bits per heavy atom. The Balaban J connectivity index is 2.45. The molecule has 0 spiro atoms. The average molecular weight is 267 g/mol. The number of nitrogens with zero attached hydrogens (tertiary/aromatic N) is 3. The van der Waals surface area contributed by atoms with E-state index in [4.69, 9.17) is 5.11 Å². The van der Waals surface area contributed by atoms with Crippen molar-refractivity contribution < 1.29 is 9.90 Å². The van der Waals surface area contributed by atoms with Crippen molar-refractivity contribution in [1.29, 1.82) is 0 Å². The van der Waals surface area contributed by atoms with Crippen molar-refractivity contribution in [3.63, 3.8) is 0 Å². The van der Waals surface area contributed by atoms with Crippen LogP contribution in [0.25, 0.3) is 0 Å². The Bertz CT molecular complexity index is 260. The first kappa shape index (κ1) is 8.44. The number of rotatable bonds is 3. The summed E-state index contributed by atoms with van der Waals surface area (Å²) in [5.41, 5.74) is 0. The highest BCUT2D eigenvalue weighted by Gasteiger charge is 1.99. The highest BCUT2D eigenvalue weighted by Crippen LogP contribution is 1.94. The molecule has 0 saturated heterocycles. The van der Waals surface area contributed by atoms with Crippen LogP contribution in [0.3, 0.4) is 0 Å². The van der Waals surface area contributed by atoms with Crippen LogP contribution in [0.5, 0.6) is 0 Å². The number of carboxylic acid groups (broad SMARTS) is 1. The third-order valence-corrected chi connectivity index (χ3v) is 1.56. The van der Waals surface area contributed by atoms with Gasteiger partial charge in [-0.05, 0) is 0 Å². The van der Waals surface area contributed by atoms with Gasteiger partial charge in [-0.1, -0.05) is 0 Å². The van der Waals surface area contributed by atoms with Crippen LogP contribution in [0.4, 0.5) is 0 Å². The van der Waals surface area contributed by atoms with E-state index in [1.54, 1.807) is 0 Å². The van der Waals surface area contributed by atoms with Crippen LogP contribution in [0.15, 0.2) is 6.33 Å². The summed E-state index contributed by atoms with van der Waals surface area (Å²) in [4.78, 5) is 14.0. The Labute approximate surface area is 76.6 Å². The zero-order valence-electron chi connectivity index (χ0n) is 5.57. The lowest BCUT2D eigenvalue weighted by Crippen LogP contribution is -2.04. The predicted octanol–water partition coefficient (Wildman–Crippen LogP) is 0.357. The van der Waals surface area contributed by atoms with Gasteiger partial charge in [0, 0.05) is 22.6 Å². The molecular formula is C5H6IN3O2. The van der Waals surface area contributed by atoms with Gasteiger partial charge in [0.25, 0.3) is 0 Å². The zero-order valence-corrected chi connectivity index (χ0v) is 7.72. The van der Waals surface area contributed by atoms with Crippen LogP contribution in [0.1, 0.15) is 6.42 Å². The zero-order chi connectivity index (χ0) is 8.27. The van der Waals surface area contributed by atoms with E-state index in [9.17, 15) is 4.79 Å². The molecule has 1 heterocycles. The minimum absolute atomic E-state index is 0.0828. The lowest BCUT2D eigenvalue weighted by Gasteiger charge is -1.93. The highest BCUT2D eigenvalue weighted by molar-refractivity contribution is 14.1. The summed E-state index contributed by atoms with van der Waals surface area (Å²) in [5, 5.41) is 12.2. The molecule has 0 fully saturated rings. The first-order valence-corrected chi connectivity index (χ1v) is 4.03. The van der Waals surface area contributed by atoms with Gasteiger partial charge in [0.15, 0.2) is 0 Å². The van der Waals surface area contributed by atoms with E-state index in [0.717, 1.165) is 0 Å². The molecule has 0 aliphatic heterocycles. The minimum atomic E-state index is -0.824. The fourth-order valence-corrected chi connectivity index (χ4v) is 0.992. The first-order valence-electron chi connectivity index (χ1n) is 2.95. The summed E-state index contributed by atoms with van der Waals surface area (Å²) in [6, 6.07) is 0. The normalized spacial score (nSPS) is 9.91. The van der Waals surface area contributed by atoms with Gasteiger partial charge in [-0.3, -0.25) is 9.48 Å². The van der Waals surface area contributed by atoms with Crippen LogP contribution in [-0.4, -0.2) is 25.8 Å².